The molecule has 1 heterocycles. The predicted octanol–water partition coefficient (Wildman–Crippen LogP) is -3.20. The summed E-state index contributed by atoms with van der Waals surface area (Å²) < 4.78 is 0. The van der Waals surface area contributed by atoms with E-state index >= 15 is 0 Å². The molecule has 0 saturated carbocycles. The normalized spacial score (nSPS) is 17.2. The van der Waals surface area contributed by atoms with Gasteiger partial charge in [0.05, 0.1) is 5.97 Å². The number of nitrogens with zero attached hydrogens (tertiary/aromatic N) is 2. The minimum atomic E-state index is -1.11. The van der Waals surface area contributed by atoms with Crippen molar-refractivity contribution in [2.24, 2.45) is 0 Å². The quantitative estimate of drug-likeness (QED) is 0.535. The van der Waals surface area contributed by atoms with Crippen LogP contribution >= 0.6 is 0 Å². The van der Waals surface area contributed by atoms with Crippen LogP contribution in [0.25, 0.3) is 0 Å². The fraction of sp³-hybridized carbons (Fsp3) is 0.462. The second-order valence-electron chi connectivity index (χ2n) is 4.57. The standard InChI is InChI=1S/C13H18N2O2.Na/c1-14-5-7-15(8-6-14)10-11-3-2-4-12(9-11)13(16)17;/h2-4,9H,5-8,10H2,1H3,(H,16,17);/q;+1/p-1. The Bertz CT molecular complexity index is 404. The van der Waals surface area contributed by atoms with Gasteiger partial charge in [-0.2, -0.15) is 0 Å². The first-order valence-corrected chi connectivity index (χ1v) is 5.86. The van der Waals surface area contributed by atoms with E-state index in [0.717, 1.165) is 38.3 Å². The van der Waals surface area contributed by atoms with Gasteiger partial charge in [0.2, 0.25) is 0 Å². The molecule has 0 N–H and O–H groups in total. The minimum Gasteiger partial charge on any atom is -0.545 e. The van der Waals surface area contributed by atoms with E-state index in [1.807, 2.05) is 6.07 Å². The van der Waals surface area contributed by atoms with Crippen LogP contribution in [0.15, 0.2) is 24.3 Å². The summed E-state index contributed by atoms with van der Waals surface area (Å²) >= 11 is 0. The molecule has 1 fully saturated rings. The van der Waals surface area contributed by atoms with Crippen LogP contribution in [-0.2, 0) is 6.54 Å². The van der Waals surface area contributed by atoms with Crippen LogP contribution in [0, 0.1) is 0 Å². The van der Waals surface area contributed by atoms with Gasteiger partial charge in [-0.3, -0.25) is 4.90 Å². The van der Waals surface area contributed by atoms with Crippen molar-refractivity contribution in [2.45, 2.75) is 6.54 Å². The third-order valence-corrected chi connectivity index (χ3v) is 3.16. The molecule has 0 aromatic heterocycles. The number of carbonyl (C=O) groups excluding carboxylic acids is 1. The molecule has 1 saturated heterocycles. The smallest absolute Gasteiger partial charge is 0.545 e. The molecule has 18 heavy (non-hydrogen) atoms. The van der Waals surface area contributed by atoms with E-state index in [1.165, 1.54) is 0 Å². The van der Waals surface area contributed by atoms with Crippen LogP contribution in [0.3, 0.4) is 0 Å². The molecule has 0 unspecified atom stereocenters. The maximum atomic E-state index is 10.8. The number of aromatic carboxylic acids is 1. The molecule has 0 radical (unpaired) electrons. The third-order valence-electron chi connectivity index (χ3n) is 3.16. The average molecular weight is 256 g/mol. The predicted molar refractivity (Wildman–Crippen MR) is 63.5 cm³/mol. The third kappa shape index (κ3) is 4.37. The van der Waals surface area contributed by atoms with Gasteiger partial charge < -0.3 is 14.8 Å². The van der Waals surface area contributed by atoms with Crippen LogP contribution in [0.2, 0.25) is 0 Å². The van der Waals surface area contributed by atoms with Crippen LogP contribution in [-0.4, -0.2) is 49.0 Å². The van der Waals surface area contributed by atoms with Crippen LogP contribution in [0.5, 0.6) is 0 Å². The summed E-state index contributed by atoms with van der Waals surface area (Å²) in [5.41, 5.74) is 1.30. The van der Waals surface area contributed by atoms with E-state index in [4.69, 9.17) is 0 Å². The summed E-state index contributed by atoms with van der Waals surface area (Å²) in [4.78, 5) is 15.4. The number of rotatable bonds is 3. The molecule has 0 bridgehead atoms. The molecule has 0 spiro atoms. The molecule has 92 valence electrons. The van der Waals surface area contributed by atoms with Crippen molar-refractivity contribution in [3.05, 3.63) is 35.4 Å². The Hall–Kier alpha value is -0.390. The monoisotopic (exact) mass is 256 g/mol. The number of likely N-dealkylation sites (N-methyl/N-ethyl adjacent to an activating group) is 1. The maximum absolute atomic E-state index is 10.8. The first kappa shape index (κ1) is 15.7. The SMILES string of the molecule is CN1CCN(Cc2cccc(C(=O)[O-])c2)CC1.[Na+]. The maximum Gasteiger partial charge on any atom is 1.00 e. The van der Waals surface area contributed by atoms with Crippen molar-refractivity contribution >= 4 is 5.97 Å². The molecular formula is C13H17N2NaO2. The topological polar surface area (TPSA) is 46.6 Å². The zero-order valence-electron chi connectivity index (χ0n) is 11.1. The first-order valence-electron chi connectivity index (χ1n) is 5.86. The second kappa shape index (κ2) is 7.26. The second-order valence-corrected chi connectivity index (χ2v) is 4.57. The number of benzene rings is 1. The summed E-state index contributed by atoms with van der Waals surface area (Å²) in [6, 6.07) is 7.01. The van der Waals surface area contributed by atoms with Gasteiger partial charge in [0.15, 0.2) is 0 Å². The van der Waals surface area contributed by atoms with Crippen molar-refractivity contribution in [1.29, 1.82) is 0 Å². The van der Waals surface area contributed by atoms with E-state index in [1.54, 1.807) is 18.2 Å². The minimum absolute atomic E-state index is 0. The molecule has 4 nitrogen and oxygen atoms in total. The Kier molecular flexibility index (Phi) is 6.32. The molecule has 0 atom stereocenters. The van der Waals surface area contributed by atoms with E-state index in [-0.39, 0.29) is 35.1 Å². The van der Waals surface area contributed by atoms with Crippen LogP contribution < -0.4 is 34.7 Å². The van der Waals surface area contributed by atoms with E-state index in [9.17, 15) is 9.90 Å². The zero-order chi connectivity index (χ0) is 12.3. The van der Waals surface area contributed by atoms with Crippen molar-refractivity contribution in [2.75, 3.05) is 33.2 Å². The van der Waals surface area contributed by atoms with Crippen molar-refractivity contribution in [3.63, 3.8) is 0 Å². The number of piperazine rings is 1. The summed E-state index contributed by atoms with van der Waals surface area (Å²) in [5.74, 6) is -1.11. The van der Waals surface area contributed by atoms with Gasteiger partial charge in [0, 0.05) is 32.7 Å². The number of hydrogen-bond donors (Lipinski definition) is 0. The van der Waals surface area contributed by atoms with Gasteiger partial charge in [0.25, 0.3) is 0 Å². The van der Waals surface area contributed by atoms with Crippen LogP contribution in [0.1, 0.15) is 15.9 Å². The first-order chi connectivity index (χ1) is 8.15. The van der Waals surface area contributed by atoms with Crippen molar-refractivity contribution in [1.82, 2.24) is 9.80 Å². The summed E-state index contributed by atoms with van der Waals surface area (Å²) in [6.07, 6.45) is 0. The van der Waals surface area contributed by atoms with Gasteiger partial charge in [0.1, 0.15) is 0 Å². The molecule has 0 amide bonds. The molecule has 1 aliphatic rings. The molecular weight excluding hydrogens is 239 g/mol. The fourth-order valence-corrected chi connectivity index (χ4v) is 2.06. The van der Waals surface area contributed by atoms with Gasteiger partial charge in [-0.25, -0.2) is 0 Å². The van der Waals surface area contributed by atoms with Gasteiger partial charge in [-0.05, 0) is 24.2 Å². The molecule has 5 heteroatoms. The van der Waals surface area contributed by atoms with Gasteiger partial charge in [-0.15, -0.1) is 0 Å². The van der Waals surface area contributed by atoms with Crippen LogP contribution in [0.4, 0.5) is 0 Å². The largest absolute Gasteiger partial charge is 1.00 e. The summed E-state index contributed by atoms with van der Waals surface area (Å²) in [6.45, 7) is 5.02. The Labute approximate surface area is 130 Å². The number of carboxylic acids is 1. The molecule has 1 aromatic carbocycles. The zero-order valence-corrected chi connectivity index (χ0v) is 13.1. The van der Waals surface area contributed by atoms with Gasteiger partial charge >= 0.3 is 29.6 Å². The molecule has 2 rings (SSSR count). The number of hydrogen-bond acceptors (Lipinski definition) is 4. The fourth-order valence-electron chi connectivity index (χ4n) is 2.06. The Morgan fingerprint density at radius 3 is 2.56 bits per heavy atom. The Morgan fingerprint density at radius 2 is 1.94 bits per heavy atom. The molecule has 0 aliphatic carbocycles. The van der Waals surface area contributed by atoms with Crippen molar-refractivity contribution in [3.8, 4) is 0 Å². The van der Waals surface area contributed by atoms with Gasteiger partial charge in [-0.1, -0.05) is 18.2 Å². The molecule has 1 aliphatic heterocycles. The summed E-state index contributed by atoms with van der Waals surface area (Å²) in [7, 11) is 2.12. The number of carbonyl (C=O) groups is 1. The van der Waals surface area contributed by atoms with E-state index < -0.39 is 5.97 Å². The Morgan fingerprint density at radius 1 is 1.28 bits per heavy atom. The van der Waals surface area contributed by atoms with E-state index in [0.29, 0.717) is 0 Å². The number of carboxylic acid groups (broad SMARTS) is 1. The average Bonchev–Trinajstić information content (AvgIpc) is 2.32. The van der Waals surface area contributed by atoms with Crippen molar-refractivity contribution < 1.29 is 39.5 Å². The summed E-state index contributed by atoms with van der Waals surface area (Å²) in [5, 5.41) is 10.8. The molecule has 1 aromatic rings. The Balaban J connectivity index is 0.00000162. The van der Waals surface area contributed by atoms with E-state index in [2.05, 4.69) is 16.8 Å².